The van der Waals surface area contributed by atoms with Crippen molar-refractivity contribution in [1.82, 2.24) is 20.9 Å². The molecule has 1 saturated heterocycles. The number of nitrogens with zero attached hydrogens (tertiary/aromatic N) is 1. The Morgan fingerprint density at radius 3 is 2.72 bits per heavy atom. The van der Waals surface area contributed by atoms with E-state index in [-0.39, 0.29) is 18.0 Å². The highest BCUT2D eigenvalue weighted by molar-refractivity contribution is 6.42. The van der Waals surface area contributed by atoms with Crippen LogP contribution < -0.4 is 16.0 Å². The maximum atomic E-state index is 12.7. The van der Waals surface area contributed by atoms with E-state index < -0.39 is 5.54 Å². The molecular weight excluding hydrogens is 363 g/mol. The molecule has 4 rings (SSSR count). The molecular formula is C17H20Cl2N4O2. The summed E-state index contributed by atoms with van der Waals surface area (Å²) in [6, 6.07) is 3.37. The molecule has 134 valence electrons. The monoisotopic (exact) mass is 382 g/mol. The first-order chi connectivity index (χ1) is 11.9. The first-order valence-corrected chi connectivity index (χ1v) is 9.23. The van der Waals surface area contributed by atoms with E-state index in [9.17, 15) is 9.59 Å². The third-order valence-corrected chi connectivity index (χ3v) is 6.27. The summed E-state index contributed by atoms with van der Waals surface area (Å²) in [4.78, 5) is 26.7. The zero-order valence-electron chi connectivity index (χ0n) is 13.9. The Labute approximate surface area is 156 Å². The predicted molar refractivity (Wildman–Crippen MR) is 95.4 cm³/mol. The lowest BCUT2D eigenvalue weighted by Gasteiger charge is -2.29. The molecule has 2 heterocycles. The Morgan fingerprint density at radius 1 is 1.36 bits per heavy atom. The molecule has 0 radical (unpaired) electrons. The van der Waals surface area contributed by atoms with Gasteiger partial charge in [-0.15, -0.1) is 0 Å². The molecule has 0 spiro atoms. The van der Waals surface area contributed by atoms with Gasteiger partial charge in [0.2, 0.25) is 5.91 Å². The molecule has 6 nitrogen and oxygen atoms in total. The Hall–Kier alpha value is -1.50. The van der Waals surface area contributed by atoms with Crippen molar-refractivity contribution in [1.29, 1.82) is 0 Å². The lowest BCUT2D eigenvalue weighted by atomic mass is 9.93. The normalized spacial score (nSPS) is 28.0. The van der Waals surface area contributed by atoms with Crippen LogP contribution in [0.5, 0.6) is 0 Å². The summed E-state index contributed by atoms with van der Waals surface area (Å²) in [7, 11) is 0. The second-order valence-corrected chi connectivity index (χ2v) is 7.85. The fourth-order valence-corrected chi connectivity index (χ4v) is 4.25. The van der Waals surface area contributed by atoms with Crippen LogP contribution in [0, 0.1) is 5.92 Å². The highest BCUT2D eigenvalue weighted by atomic mass is 35.5. The highest BCUT2D eigenvalue weighted by Gasteiger charge is 2.53. The topological polar surface area (TPSA) is 73.5 Å². The van der Waals surface area contributed by atoms with E-state index in [0.29, 0.717) is 35.7 Å². The summed E-state index contributed by atoms with van der Waals surface area (Å²) in [5, 5.41) is 10.00. The van der Waals surface area contributed by atoms with E-state index >= 15 is 0 Å². The van der Waals surface area contributed by atoms with Crippen LogP contribution in [0.1, 0.15) is 36.9 Å². The van der Waals surface area contributed by atoms with Gasteiger partial charge in [-0.1, -0.05) is 23.2 Å². The number of fused-ring (bicyclic) bond motifs is 1. The molecule has 2 fully saturated rings. The largest absolute Gasteiger partial charge is 0.342 e. The first kappa shape index (κ1) is 16.9. The summed E-state index contributed by atoms with van der Waals surface area (Å²) in [6.45, 7) is 3.19. The van der Waals surface area contributed by atoms with Crippen molar-refractivity contribution in [3.05, 3.63) is 33.3 Å². The summed E-state index contributed by atoms with van der Waals surface area (Å²) in [5.41, 5.74) is 1.35. The van der Waals surface area contributed by atoms with Crippen LogP contribution in [0.2, 0.25) is 10.0 Å². The molecule has 8 heteroatoms. The van der Waals surface area contributed by atoms with Gasteiger partial charge in [0.1, 0.15) is 5.54 Å². The minimum atomic E-state index is -0.669. The fourth-order valence-electron chi connectivity index (χ4n) is 3.90. The quantitative estimate of drug-likeness (QED) is 0.751. The second-order valence-electron chi connectivity index (χ2n) is 7.03. The molecule has 3 N–H and O–H groups in total. The molecule has 1 aromatic carbocycles. The van der Waals surface area contributed by atoms with E-state index in [4.69, 9.17) is 23.2 Å². The Morgan fingerprint density at radius 2 is 2.08 bits per heavy atom. The van der Waals surface area contributed by atoms with Crippen molar-refractivity contribution in [2.45, 2.75) is 37.9 Å². The number of carbonyl (C=O) groups is 2. The van der Waals surface area contributed by atoms with Crippen molar-refractivity contribution in [2.75, 3.05) is 13.2 Å². The zero-order chi connectivity index (χ0) is 17.8. The number of nitrogens with one attached hydrogen (secondary N) is 3. The number of rotatable bonds is 3. The summed E-state index contributed by atoms with van der Waals surface area (Å²) >= 11 is 12.2. The molecule has 2 atom stereocenters. The highest BCUT2D eigenvalue weighted by Crippen LogP contribution is 2.41. The Balaban J connectivity index is 1.46. The van der Waals surface area contributed by atoms with Crippen molar-refractivity contribution < 1.29 is 9.59 Å². The predicted octanol–water partition coefficient (Wildman–Crippen LogP) is 2.41. The Bertz CT molecular complexity index is 752. The van der Waals surface area contributed by atoms with Gasteiger partial charge in [0.05, 0.1) is 22.8 Å². The average Bonchev–Trinajstić information content (AvgIpc) is 3.31. The summed E-state index contributed by atoms with van der Waals surface area (Å²) < 4.78 is 0. The minimum Gasteiger partial charge on any atom is -0.342 e. The maximum absolute atomic E-state index is 12.7. The molecule has 1 saturated carbocycles. The van der Waals surface area contributed by atoms with Gasteiger partial charge in [-0.05, 0) is 48.9 Å². The molecule has 0 bridgehead atoms. The fraction of sp³-hybridized carbons (Fsp3) is 0.529. The SMILES string of the molecule is CC1c2cc(Cl)c(Cl)cc2CN1C(=O)NC[C@@]1(C2CC2)NCNC1=O. The van der Waals surface area contributed by atoms with Gasteiger partial charge < -0.3 is 15.5 Å². The van der Waals surface area contributed by atoms with E-state index in [2.05, 4.69) is 16.0 Å². The standard InChI is InChI=1S/C17H20Cl2N4O2/c1-9-12-5-14(19)13(18)4-10(12)6-23(9)16(25)20-7-17(11-2-3-11)15(24)21-8-22-17/h4-5,9,11,22H,2-3,6-8H2,1H3,(H,20,25)(H,21,24)/t9?,17-/m0/s1. The van der Waals surface area contributed by atoms with Gasteiger partial charge in [0.15, 0.2) is 0 Å². The zero-order valence-corrected chi connectivity index (χ0v) is 15.4. The van der Waals surface area contributed by atoms with Crippen molar-refractivity contribution in [2.24, 2.45) is 5.92 Å². The number of halogens is 2. The number of hydrogen-bond donors (Lipinski definition) is 3. The maximum Gasteiger partial charge on any atom is 0.318 e. The van der Waals surface area contributed by atoms with Crippen molar-refractivity contribution >= 4 is 35.1 Å². The lowest BCUT2D eigenvalue weighted by Crippen LogP contribution is -2.57. The minimum absolute atomic E-state index is 0.0216. The van der Waals surface area contributed by atoms with E-state index in [1.165, 1.54) is 0 Å². The van der Waals surface area contributed by atoms with E-state index in [1.54, 1.807) is 4.90 Å². The van der Waals surface area contributed by atoms with Crippen LogP contribution in [0.25, 0.3) is 0 Å². The van der Waals surface area contributed by atoms with Crippen molar-refractivity contribution in [3.63, 3.8) is 0 Å². The number of amides is 3. The molecule has 2 aliphatic heterocycles. The van der Waals surface area contributed by atoms with Crippen LogP contribution in [0.15, 0.2) is 12.1 Å². The lowest BCUT2D eigenvalue weighted by molar-refractivity contribution is -0.124. The number of urea groups is 1. The molecule has 0 aromatic heterocycles. The van der Waals surface area contributed by atoms with Gasteiger partial charge in [0.25, 0.3) is 0 Å². The average molecular weight is 383 g/mol. The van der Waals surface area contributed by atoms with Crippen LogP contribution in [-0.2, 0) is 11.3 Å². The Kier molecular flexibility index (Phi) is 4.09. The number of hydrogen-bond acceptors (Lipinski definition) is 3. The third kappa shape index (κ3) is 2.76. The van der Waals surface area contributed by atoms with Crippen LogP contribution in [-0.4, -0.2) is 35.6 Å². The van der Waals surface area contributed by atoms with Crippen LogP contribution >= 0.6 is 23.2 Å². The van der Waals surface area contributed by atoms with E-state index in [0.717, 1.165) is 24.0 Å². The van der Waals surface area contributed by atoms with Gasteiger partial charge in [0, 0.05) is 13.1 Å². The summed E-state index contributed by atoms with van der Waals surface area (Å²) in [6.07, 6.45) is 2.03. The van der Waals surface area contributed by atoms with Gasteiger partial charge in [-0.3, -0.25) is 10.1 Å². The molecule has 1 aliphatic carbocycles. The van der Waals surface area contributed by atoms with Crippen LogP contribution in [0.3, 0.4) is 0 Å². The first-order valence-electron chi connectivity index (χ1n) is 8.48. The van der Waals surface area contributed by atoms with Crippen LogP contribution in [0.4, 0.5) is 4.79 Å². The molecule has 1 aromatic rings. The number of benzene rings is 1. The second kappa shape index (κ2) is 6.04. The van der Waals surface area contributed by atoms with Gasteiger partial charge in [-0.2, -0.15) is 0 Å². The smallest absolute Gasteiger partial charge is 0.318 e. The molecule has 3 aliphatic rings. The third-order valence-electron chi connectivity index (χ3n) is 5.55. The van der Waals surface area contributed by atoms with Gasteiger partial charge in [-0.25, -0.2) is 4.79 Å². The molecule has 25 heavy (non-hydrogen) atoms. The summed E-state index contributed by atoms with van der Waals surface area (Å²) in [5.74, 6) is 0.271. The van der Waals surface area contributed by atoms with Crippen molar-refractivity contribution in [3.8, 4) is 0 Å². The molecule has 1 unspecified atom stereocenters. The number of carbonyl (C=O) groups excluding carboxylic acids is 2. The van der Waals surface area contributed by atoms with E-state index in [1.807, 2.05) is 19.1 Å². The van der Waals surface area contributed by atoms with Gasteiger partial charge >= 0.3 is 6.03 Å². The molecule has 3 amide bonds.